The fourth-order valence-electron chi connectivity index (χ4n) is 13.7. The van der Waals surface area contributed by atoms with Crippen LogP contribution >= 0.6 is 0 Å². The van der Waals surface area contributed by atoms with E-state index in [0.29, 0.717) is 0 Å². The Balaban J connectivity index is 2.68. The van der Waals surface area contributed by atoms with Gasteiger partial charge in [0.05, 0.1) is 0 Å². The summed E-state index contributed by atoms with van der Waals surface area (Å²) in [6, 6.07) is 24.1. The molecule has 312 valence electrons. The molecular weight excluding hydrogens is 697 g/mol. The van der Waals surface area contributed by atoms with Crippen LogP contribution in [0.2, 0.25) is 0 Å². The van der Waals surface area contributed by atoms with Crippen molar-refractivity contribution in [2.24, 2.45) is 32.5 Å². The molecule has 0 amide bonds. The Hall–Kier alpha value is -3.72. The number of rotatable bonds is 6. The summed E-state index contributed by atoms with van der Waals surface area (Å²) in [4.78, 5) is 0. The van der Waals surface area contributed by atoms with E-state index in [4.69, 9.17) is 0 Å². The Morgan fingerprint density at radius 1 is 0.263 bits per heavy atom. The molecule has 3 nitrogen and oxygen atoms in total. The normalized spacial score (nSPS) is 14.3. The third-order valence-electron chi connectivity index (χ3n) is 14.0. The summed E-state index contributed by atoms with van der Waals surface area (Å²) in [5, 5.41) is 32.3. The second kappa shape index (κ2) is 14.2. The SMILES string of the molecule is Cc1c(C(c2ccc(O)cc2)(C(C)(C)C)C(C)(C)C)c(C)c(C(c2ccc(O)cc2)(C(C)(C)C)C(C)(C)C)c(C)c1C(c1ccc(O)cc1)(C(C)(C)C)C(C)(C)C. The number of phenols is 3. The average Bonchev–Trinajstić information content (AvgIpc) is 3.01. The van der Waals surface area contributed by atoms with E-state index < -0.39 is 16.2 Å². The van der Waals surface area contributed by atoms with Crippen LogP contribution in [0, 0.1) is 53.3 Å². The predicted molar refractivity (Wildman–Crippen MR) is 244 cm³/mol. The van der Waals surface area contributed by atoms with Gasteiger partial charge in [-0.15, -0.1) is 0 Å². The van der Waals surface area contributed by atoms with Gasteiger partial charge in [-0.2, -0.15) is 0 Å². The van der Waals surface area contributed by atoms with Crippen molar-refractivity contribution in [3.8, 4) is 17.2 Å². The maximum atomic E-state index is 10.8. The summed E-state index contributed by atoms with van der Waals surface area (Å²) >= 11 is 0. The molecule has 0 heterocycles. The predicted octanol–water partition coefficient (Wildman–Crippen LogP) is 14.9. The van der Waals surface area contributed by atoms with Crippen LogP contribution in [0.5, 0.6) is 17.2 Å². The van der Waals surface area contributed by atoms with Crippen molar-refractivity contribution in [2.45, 2.75) is 162 Å². The zero-order chi connectivity index (χ0) is 43.9. The minimum absolute atomic E-state index is 0.257. The Bertz CT molecular complexity index is 1750. The standard InChI is InChI=1S/C54H78O3/c1-34-43(52(46(4,5)6,47(7,8)9)37-22-28-40(55)29-23-37)35(2)45(54(50(16,17)18,51(19,20)21)39-26-32-42(57)33-27-39)36(3)44(34)53(48(10,11)12,49(13,14)15)38-24-30-41(56)31-25-38/h22-33,55-57H,1-21H3. The van der Waals surface area contributed by atoms with Gasteiger partial charge in [-0.3, -0.25) is 0 Å². The maximum Gasteiger partial charge on any atom is 0.115 e. The molecule has 0 aliphatic heterocycles. The molecule has 4 aromatic rings. The van der Waals surface area contributed by atoms with Gasteiger partial charge in [-0.05, 0) is 140 Å². The molecule has 0 saturated carbocycles. The van der Waals surface area contributed by atoms with Crippen molar-refractivity contribution in [2.75, 3.05) is 0 Å². The zero-order valence-electron chi connectivity index (χ0n) is 39.8. The summed E-state index contributed by atoms with van der Waals surface area (Å²) < 4.78 is 0. The van der Waals surface area contributed by atoms with E-state index in [9.17, 15) is 15.3 Å². The fraction of sp³-hybridized carbons (Fsp3) is 0.556. The first-order chi connectivity index (χ1) is 25.6. The molecule has 0 spiro atoms. The van der Waals surface area contributed by atoms with E-state index in [0.717, 1.165) is 0 Å². The van der Waals surface area contributed by atoms with Gasteiger partial charge in [0.15, 0.2) is 0 Å². The van der Waals surface area contributed by atoms with Crippen LogP contribution in [-0.2, 0) is 16.2 Å². The van der Waals surface area contributed by atoms with E-state index in [-0.39, 0.29) is 49.7 Å². The number of benzene rings is 4. The van der Waals surface area contributed by atoms with E-state index in [2.05, 4.69) is 182 Å². The molecule has 0 fully saturated rings. The summed E-state index contributed by atoms with van der Waals surface area (Å²) in [5.41, 5.74) is 7.83. The van der Waals surface area contributed by atoms with E-state index in [1.807, 2.05) is 36.4 Å². The van der Waals surface area contributed by atoms with Crippen LogP contribution in [0.3, 0.4) is 0 Å². The molecular formula is C54H78O3. The zero-order valence-corrected chi connectivity index (χ0v) is 39.8. The average molecular weight is 775 g/mol. The molecule has 4 aromatic carbocycles. The van der Waals surface area contributed by atoms with Crippen molar-refractivity contribution in [1.29, 1.82) is 0 Å². The molecule has 0 unspecified atom stereocenters. The third-order valence-corrected chi connectivity index (χ3v) is 14.0. The van der Waals surface area contributed by atoms with Crippen LogP contribution < -0.4 is 0 Å². The van der Waals surface area contributed by atoms with Gasteiger partial charge in [0.25, 0.3) is 0 Å². The van der Waals surface area contributed by atoms with Gasteiger partial charge < -0.3 is 15.3 Å². The molecule has 3 N–H and O–H groups in total. The Morgan fingerprint density at radius 3 is 0.526 bits per heavy atom. The first-order valence-electron chi connectivity index (χ1n) is 21.1. The lowest BCUT2D eigenvalue weighted by molar-refractivity contribution is 0.0753. The molecule has 0 radical (unpaired) electrons. The van der Waals surface area contributed by atoms with Gasteiger partial charge in [-0.25, -0.2) is 0 Å². The third kappa shape index (κ3) is 6.72. The lowest BCUT2D eigenvalue weighted by Crippen LogP contribution is -2.57. The van der Waals surface area contributed by atoms with E-state index >= 15 is 0 Å². The summed E-state index contributed by atoms with van der Waals surface area (Å²) in [7, 11) is 0. The number of phenolic OH excluding ortho intramolecular Hbond substituents is 3. The molecule has 57 heavy (non-hydrogen) atoms. The molecule has 0 saturated heterocycles. The highest BCUT2D eigenvalue weighted by Crippen LogP contribution is 2.67. The molecule has 0 atom stereocenters. The summed E-state index contributed by atoms with van der Waals surface area (Å²) in [6.07, 6.45) is 0. The first kappa shape index (κ1) is 46.0. The number of hydrogen-bond donors (Lipinski definition) is 3. The highest BCUT2D eigenvalue weighted by Gasteiger charge is 2.62. The van der Waals surface area contributed by atoms with Crippen LogP contribution in [0.25, 0.3) is 0 Å². The minimum Gasteiger partial charge on any atom is -0.508 e. The molecule has 0 aliphatic rings. The topological polar surface area (TPSA) is 60.7 Å². The van der Waals surface area contributed by atoms with Crippen LogP contribution in [0.4, 0.5) is 0 Å². The second-order valence-corrected chi connectivity index (χ2v) is 23.4. The lowest BCUT2D eigenvalue weighted by Gasteiger charge is -2.61. The Kier molecular flexibility index (Phi) is 11.5. The maximum absolute atomic E-state index is 10.8. The molecule has 3 heteroatoms. The first-order valence-corrected chi connectivity index (χ1v) is 21.1. The van der Waals surface area contributed by atoms with Crippen molar-refractivity contribution in [3.63, 3.8) is 0 Å². The van der Waals surface area contributed by atoms with Crippen molar-refractivity contribution in [3.05, 3.63) is 123 Å². The van der Waals surface area contributed by atoms with Crippen LogP contribution in [0.1, 0.15) is 175 Å². The monoisotopic (exact) mass is 775 g/mol. The second-order valence-electron chi connectivity index (χ2n) is 23.4. The van der Waals surface area contributed by atoms with E-state index in [1.54, 1.807) is 0 Å². The highest BCUT2D eigenvalue weighted by atomic mass is 16.3. The summed E-state index contributed by atoms with van der Waals surface area (Å²) in [5.74, 6) is 0.772. The number of aromatic hydroxyl groups is 3. The van der Waals surface area contributed by atoms with Gasteiger partial charge >= 0.3 is 0 Å². The van der Waals surface area contributed by atoms with Gasteiger partial charge in [0.2, 0.25) is 0 Å². The van der Waals surface area contributed by atoms with Crippen LogP contribution in [0.15, 0.2) is 72.8 Å². The minimum atomic E-state index is -0.563. The van der Waals surface area contributed by atoms with Gasteiger partial charge in [-0.1, -0.05) is 161 Å². The van der Waals surface area contributed by atoms with Gasteiger partial charge in [0.1, 0.15) is 17.2 Å². The summed E-state index contributed by atoms with van der Waals surface area (Å²) in [6.45, 7) is 50.3. The number of hydrogen-bond acceptors (Lipinski definition) is 3. The van der Waals surface area contributed by atoms with Gasteiger partial charge in [0, 0.05) is 16.2 Å². The Labute approximate surface area is 348 Å². The molecule has 0 bridgehead atoms. The van der Waals surface area contributed by atoms with Crippen molar-refractivity contribution in [1.82, 2.24) is 0 Å². The largest absolute Gasteiger partial charge is 0.508 e. The molecule has 0 aliphatic carbocycles. The van der Waals surface area contributed by atoms with E-state index in [1.165, 1.54) is 50.1 Å². The Morgan fingerprint density at radius 2 is 0.404 bits per heavy atom. The molecule has 4 rings (SSSR count). The highest BCUT2D eigenvalue weighted by molar-refractivity contribution is 5.67. The fourth-order valence-corrected chi connectivity index (χ4v) is 13.7. The van der Waals surface area contributed by atoms with Crippen LogP contribution in [-0.4, -0.2) is 15.3 Å². The lowest BCUT2D eigenvalue weighted by atomic mass is 9.41. The molecule has 0 aromatic heterocycles. The quantitative estimate of drug-likeness (QED) is 0.183. The van der Waals surface area contributed by atoms with Crippen molar-refractivity contribution >= 4 is 0 Å². The van der Waals surface area contributed by atoms with Crippen molar-refractivity contribution < 1.29 is 15.3 Å². The smallest absolute Gasteiger partial charge is 0.115 e.